The minimum Gasteiger partial charge on any atom is -0.424 e. The van der Waals surface area contributed by atoms with Gasteiger partial charge in [-0.05, 0) is 25.0 Å². The molecule has 1 aromatic heterocycles. The summed E-state index contributed by atoms with van der Waals surface area (Å²) < 4.78 is 5.57. The first kappa shape index (κ1) is 10.0. The van der Waals surface area contributed by atoms with E-state index in [-0.39, 0.29) is 0 Å². The number of anilines is 1. The molecule has 2 aromatic rings. The predicted octanol–water partition coefficient (Wildman–Crippen LogP) is 3.28. The lowest BCUT2D eigenvalue weighted by Crippen LogP contribution is -2.21. The largest absolute Gasteiger partial charge is 0.424 e. The topological polar surface area (TPSA) is 38.1 Å². The van der Waals surface area contributed by atoms with Crippen LogP contribution in [-0.2, 0) is 0 Å². The summed E-state index contributed by atoms with van der Waals surface area (Å²) in [4.78, 5) is 4.36. The zero-order valence-corrected chi connectivity index (χ0v) is 9.32. The Balaban J connectivity index is 2.22. The summed E-state index contributed by atoms with van der Waals surface area (Å²) >= 11 is 0. The molecule has 0 amide bonds. The van der Waals surface area contributed by atoms with Crippen molar-refractivity contribution in [1.82, 2.24) is 4.98 Å². The molecule has 1 N–H and O–H groups in total. The zero-order chi connectivity index (χ0) is 10.8. The Morgan fingerprint density at radius 1 is 1.20 bits per heavy atom. The molecule has 0 saturated heterocycles. The van der Waals surface area contributed by atoms with Gasteiger partial charge in [0.15, 0.2) is 5.58 Å². The van der Waals surface area contributed by atoms with E-state index in [9.17, 15) is 0 Å². The van der Waals surface area contributed by atoms with Gasteiger partial charge < -0.3 is 9.73 Å². The molecule has 1 heterocycles. The maximum Gasteiger partial charge on any atom is 0.295 e. The van der Waals surface area contributed by atoms with Crippen molar-refractivity contribution in [2.75, 3.05) is 5.32 Å². The van der Waals surface area contributed by atoms with Gasteiger partial charge in [0, 0.05) is 6.04 Å². The zero-order valence-electron chi connectivity index (χ0n) is 9.32. The number of nitrogens with one attached hydrogen (secondary N) is 1. The van der Waals surface area contributed by atoms with Crippen molar-refractivity contribution in [3.05, 3.63) is 24.3 Å². The molecule has 15 heavy (non-hydrogen) atoms. The lowest BCUT2D eigenvalue weighted by atomic mass is 10.1. The number of para-hydroxylation sites is 2. The van der Waals surface area contributed by atoms with E-state index in [1.807, 2.05) is 24.3 Å². The van der Waals surface area contributed by atoms with Crippen molar-refractivity contribution in [1.29, 1.82) is 0 Å². The van der Waals surface area contributed by atoms with Crippen LogP contribution < -0.4 is 5.32 Å². The average molecular weight is 204 g/mol. The molecule has 0 aliphatic heterocycles. The summed E-state index contributed by atoms with van der Waals surface area (Å²) in [6.07, 6.45) is 0. The highest BCUT2D eigenvalue weighted by atomic mass is 16.4. The molecule has 3 heteroatoms. The highest BCUT2D eigenvalue weighted by Gasteiger charge is 2.10. The first-order valence-corrected chi connectivity index (χ1v) is 5.29. The van der Waals surface area contributed by atoms with E-state index in [0.29, 0.717) is 18.0 Å². The molecule has 0 aliphatic rings. The van der Waals surface area contributed by atoms with E-state index in [2.05, 4.69) is 31.1 Å². The summed E-state index contributed by atoms with van der Waals surface area (Å²) in [6, 6.07) is 8.75. The number of hydrogen-bond acceptors (Lipinski definition) is 3. The van der Waals surface area contributed by atoms with Crippen LogP contribution in [0.25, 0.3) is 11.1 Å². The van der Waals surface area contributed by atoms with E-state index in [0.717, 1.165) is 11.1 Å². The second-order valence-electron chi connectivity index (χ2n) is 4.16. The molecule has 0 bridgehead atoms. The van der Waals surface area contributed by atoms with Gasteiger partial charge in [0.25, 0.3) is 6.01 Å². The molecule has 0 saturated carbocycles. The van der Waals surface area contributed by atoms with Gasteiger partial charge >= 0.3 is 0 Å². The molecule has 80 valence electrons. The van der Waals surface area contributed by atoms with Crippen molar-refractivity contribution in [3.8, 4) is 0 Å². The number of oxazole rings is 1. The minimum absolute atomic E-state index is 0.359. The summed E-state index contributed by atoms with van der Waals surface area (Å²) in [5.74, 6) is 0.556. The van der Waals surface area contributed by atoms with Gasteiger partial charge in [-0.1, -0.05) is 26.0 Å². The summed E-state index contributed by atoms with van der Waals surface area (Å²) in [6.45, 7) is 6.46. The van der Waals surface area contributed by atoms with Crippen LogP contribution >= 0.6 is 0 Å². The molecule has 0 spiro atoms. The Hall–Kier alpha value is -1.51. The quantitative estimate of drug-likeness (QED) is 0.833. The molecule has 1 unspecified atom stereocenters. The Labute approximate surface area is 89.5 Å². The lowest BCUT2D eigenvalue weighted by molar-refractivity contribution is 0.527. The predicted molar refractivity (Wildman–Crippen MR) is 61.9 cm³/mol. The van der Waals surface area contributed by atoms with E-state index in [4.69, 9.17) is 4.42 Å². The Morgan fingerprint density at radius 3 is 2.60 bits per heavy atom. The minimum atomic E-state index is 0.359. The molecule has 1 atom stereocenters. The maximum absolute atomic E-state index is 5.57. The van der Waals surface area contributed by atoms with Gasteiger partial charge in [-0.3, -0.25) is 0 Å². The van der Waals surface area contributed by atoms with E-state index < -0.39 is 0 Å². The van der Waals surface area contributed by atoms with Crippen molar-refractivity contribution in [2.45, 2.75) is 26.8 Å². The first-order valence-electron chi connectivity index (χ1n) is 5.29. The normalized spacial score (nSPS) is 13.3. The van der Waals surface area contributed by atoms with Crippen LogP contribution in [0.3, 0.4) is 0 Å². The van der Waals surface area contributed by atoms with Crippen LogP contribution in [0.4, 0.5) is 6.01 Å². The van der Waals surface area contributed by atoms with Crippen molar-refractivity contribution < 1.29 is 4.42 Å². The van der Waals surface area contributed by atoms with Crippen LogP contribution in [0.15, 0.2) is 28.7 Å². The number of hydrogen-bond donors (Lipinski definition) is 1. The molecular formula is C12H16N2O. The van der Waals surface area contributed by atoms with Crippen molar-refractivity contribution >= 4 is 17.1 Å². The standard InChI is InChI=1S/C12H16N2O/c1-8(2)9(3)13-12-14-10-6-4-5-7-11(10)15-12/h4-9H,1-3H3,(H,13,14). The third kappa shape index (κ3) is 2.12. The number of benzene rings is 1. The third-order valence-corrected chi connectivity index (χ3v) is 2.65. The highest BCUT2D eigenvalue weighted by Crippen LogP contribution is 2.19. The van der Waals surface area contributed by atoms with Crippen molar-refractivity contribution in [3.63, 3.8) is 0 Å². The van der Waals surface area contributed by atoms with Crippen LogP contribution in [0.5, 0.6) is 0 Å². The first-order chi connectivity index (χ1) is 7.16. The third-order valence-electron chi connectivity index (χ3n) is 2.65. The molecule has 3 nitrogen and oxygen atoms in total. The average Bonchev–Trinajstić information content (AvgIpc) is 2.59. The van der Waals surface area contributed by atoms with Gasteiger partial charge in [0.2, 0.25) is 0 Å². The lowest BCUT2D eigenvalue weighted by Gasteiger charge is -2.15. The molecule has 0 aliphatic carbocycles. The summed E-state index contributed by atoms with van der Waals surface area (Å²) in [5.41, 5.74) is 1.73. The Bertz CT molecular complexity index is 415. The molecule has 0 fully saturated rings. The highest BCUT2D eigenvalue weighted by molar-refractivity contribution is 5.74. The number of fused-ring (bicyclic) bond motifs is 1. The second kappa shape index (κ2) is 3.93. The van der Waals surface area contributed by atoms with Crippen molar-refractivity contribution in [2.24, 2.45) is 5.92 Å². The smallest absolute Gasteiger partial charge is 0.295 e. The van der Waals surface area contributed by atoms with Gasteiger partial charge in [-0.2, -0.15) is 4.98 Å². The van der Waals surface area contributed by atoms with Gasteiger partial charge in [0.05, 0.1) is 0 Å². The van der Waals surface area contributed by atoms with Crippen LogP contribution in [0.2, 0.25) is 0 Å². The molecule has 1 aromatic carbocycles. The number of nitrogens with zero attached hydrogens (tertiary/aromatic N) is 1. The summed E-state index contributed by atoms with van der Waals surface area (Å²) in [5, 5.41) is 3.25. The molecule has 0 radical (unpaired) electrons. The second-order valence-corrected chi connectivity index (χ2v) is 4.16. The fourth-order valence-electron chi connectivity index (χ4n) is 1.30. The van der Waals surface area contributed by atoms with Crippen LogP contribution in [-0.4, -0.2) is 11.0 Å². The van der Waals surface area contributed by atoms with Gasteiger partial charge in [-0.25, -0.2) is 0 Å². The summed E-state index contributed by atoms with van der Waals surface area (Å²) in [7, 11) is 0. The SMILES string of the molecule is CC(C)C(C)Nc1nc2ccccc2o1. The Morgan fingerprint density at radius 2 is 1.93 bits per heavy atom. The van der Waals surface area contributed by atoms with Crippen LogP contribution in [0, 0.1) is 5.92 Å². The van der Waals surface area contributed by atoms with Gasteiger partial charge in [0.1, 0.15) is 5.52 Å². The number of rotatable bonds is 3. The molecular weight excluding hydrogens is 188 g/mol. The fraction of sp³-hybridized carbons (Fsp3) is 0.417. The monoisotopic (exact) mass is 204 g/mol. The molecule has 2 rings (SSSR count). The van der Waals surface area contributed by atoms with E-state index in [1.165, 1.54) is 0 Å². The van der Waals surface area contributed by atoms with E-state index in [1.54, 1.807) is 0 Å². The van der Waals surface area contributed by atoms with Gasteiger partial charge in [-0.15, -0.1) is 0 Å². The fourth-order valence-corrected chi connectivity index (χ4v) is 1.30. The Kier molecular flexibility index (Phi) is 2.62. The maximum atomic E-state index is 5.57. The van der Waals surface area contributed by atoms with E-state index >= 15 is 0 Å². The number of aromatic nitrogens is 1. The van der Waals surface area contributed by atoms with Crippen LogP contribution in [0.1, 0.15) is 20.8 Å².